The lowest BCUT2D eigenvalue weighted by molar-refractivity contribution is -0.141. The van der Waals surface area contributed by atoms with Crippen LogP contribution in [0.3, 0.4) is 0 Å². The Morgan fingerprint density at radius 2 is 1.61 bits per heavy atom. The Labute approximate surface area is 197 Å². The summed E-state index contributed by atoms with van der Waals surface area (Å²) in [6.45, 7) is 0. The van der Waals surface area contributed by atoms with Crippen molar-refractivity contribution in [1.82, 2.24) is 4.31 Å². The van der Waals surface area contributed by atoms with Crippen molar-refractivity contribution in [1.29, 1.82) is 0 Å². The van der Waals surface area contributed by atoms with Gasteiger partial charge >= 0.3 is 5.97 Å². The molecule has 33 heavy (non-hydrogen) atoms. The van der Waals surface area contributed by atoms with Crippen LogP contribution < -0.4 is 10.1 Å². The highest BCUT2D eigenvalue weighted by Gasteiger charge is 2.46. The number of halogens is 1. The number of fused-ring (bicyclic) bond motifs is 1. The molecule has 0 radical (unpaired) electrons. The fourth-order valence-corrected chi connectivity index (χ4v) is 5.80. The average Bonchev–Trinajstić information content (AvgIpc) is 3.13. The minimum atomic E-state index is -4.03. The minimum absolute atomic E-state index is 0.0797. The molecular formula is C24H23ClN2O5S. The zero-order chi connectivity index (χ0) is 23.6. The number of carbonyl (C=O) groups is 1. The third kappa shape index (κ3) is 4.55. The van der Waals surface area contributed by atoms with Gasteiger partial charge in [-0.3, -0.25) is 4.79 Å². The molecule has 172 valence electrons. The fourth-order valence-electron chi connectivity index (χ4n) is 3.98. The Morgan fingerprint density at radius 3 is 2.21 bits per heavy atom. The molecule has 1 aliphatic heterocycles. The van der Waals surface area contributed by atoms with Crippen LogP contribution in [-0.2, 0) is 19.6 Å². The van der Waals surface area contributed by atoms with Crippen LogP contribution in [0.5, 0.6) is 5.75 Å². The van der Waals surface area contributed by atoms with Crippen LogP contribution in [-0.4, -0.2) is 32.9 Å². The molecule has 1 N–H and O–H groups in total. The maximum atomic E-state index is 13.9. The summed E-state index contributed by atoms with van der Waals surface area (Å²) >= 11 is 5.98. The van der Waals surface area contributed by atoms with Crippen molar-refractivity contribution in [3.8, 4) is 5.75 Å². The van der Waals surface area contributed by atoms with Crippen molar-refractivity contribution in [2.45, 2.75) is 23.5 Å². The van der Waals surface area contributed by atoms with Gasteiger partial charge in [-0.05, 0) is 59.7 Å². The van der Waals surface area contributed by atoms with Gasteiger partial charge in [0, 0.05) is 10.7 Å². The van der Waals surface area contributed by atoms with E-state index in [1.165, 1.54) is 35.7 Å². The van der Waals surface area contributed by atoms with Crippen LogP contribution in [0.1, 0.15) is 29.8 Å². The standard InChI is InChI=1S/C24H23ClN2O5S/c1-31-18-11-9-17(10-12-18)26-24-21-6-4-3-5-20(21)22(15-23(28)32-2)27(24)33(29,30)19-13-7-16(25)8-14-19/h3-14,22,24,26H,15H2,1-2H3/t22-,24-/m0/s1. The Hall–Kier alpha value is -3.07. The zero-order valence-electron chi connectivity index (χ0n) is 18.1. The predicted octanol–water partition coefficient (Wildman–Crippen LogP) is 4.77. The van der Waals surface area contributed by atoms with Crippen molar-refractivity contribution in [3.63, 3.8) is 0 Å². The van der Waals surface area contributed by atoms with Gasteiger partial charge in [0.15, 0.2) is 0 Å². The molecule has 3 aromatic carbocycles. The van der Waals surface area contributed by atoms with E-state index >= 15 is 0 Å². The van der Waals surface area contributed by atoms with Crippen molar-refractivity contribution in [2.75, 3.05) is 19.5 Å². The van der Waals surface area contributed by atoms with Crippen LogP contribution in [0.15, 0.2) is 77.7 Å². The number of esters is 1. The van der Waals surface area contributed by atoms with Crippen LogP contribution in [0.25, 0.3) is 0 Å². The summed E-state index contributed by atoms with van der Waals surface area (Å²) < 4.78 is 39.2. The molecule has 0 aliphatic carbocycles. The van der Waals surface area contributed by atoms with E-state index in [1.807, 2.05) is 36.4 Å². The Kier molecular flexibility index (Phi) is 6.60. The van der Waals surface area contributed by atoms with E-state index in [2.05, 4.69) is 5.32 Å². The molecule has 0 saturated carbocycles. The summed E-state index contributed by atoms with van der Waals surface area (Å²) in [7, 11) is -1.17. The third-order valence-corrected chi connectivity index (χ3v) is 7.72. The molecular weight excluding hydrogens is 464 g/mol. The Balaban J connectivity index is 1.83. The van der Waals surface area contributed by atoms with E-state index in [0.29, 0.717) is 16.5 Å². The number of hydrogen-bond acceptors (Lipinski definition) is 6. The van der Waals surface area contributed by atoms with Gasteiger partial charge in [-0.2, -0.15) is 4.31 Å². The smallest absolute Gasteiger partial charge is 0.307 e. The summed E-state index contributed by atoms with van der Waals surface area (Å²) in [5, 5.41) is 3.75. The largest absolute Gasteiger partial charge is 0.497 e. The summed E-state index contributed by atoms with van der Waals surface area (Å²) in [5.74, 6) is 0.179. The van der Waals surface area contributed by atoms with Gasteiger partial charge in [-0.15, -0.1) is 0 Å². The molecule has 1 aliphatic rings. The van der Waals surface area contributed by atoms with Crippen LogP contribution in [0.2, 0.25) is 5.02 Å². The second-order valence-electron chi connectivity index (χ2n) is 7.49. The molecule has 4 rings (SSSR count). The van der Waals surface area contributed by atoms with Gasteiger partial charge in [-0.1, -0.05) is 35.9 Å². The molecule has 2 atom stereocenters. The van der Waals surface area contributed by atoms with Crippen molar-refractivity contribution in [2.24, 2.45) is 0 Å². The van der Waals surface area contributed by atoms with E-state index in [4.69, 9.17) is 21.1 Å². The Morgan fingerprint density at radius 1 is 0.970 bits per heavy atom. The zero-order valence-corrected chi connectivity index (χ0v) is 19.6. The predicted molar refractivity (Wildman–Crippen MR) is 126 cm³/mol. The topological polar surface area (TPSA) is 84.9 Å². The number of sulfonamides is 1. The molecule has 3 aromatic rings. The second kappa shape index (κ2) is 9.43. The third-order valence-electron chi connectivity index (χ3n) is 5.58. The van der Waals surface area contributed by atoms with E-state index < -0.39 is 28.2 Å². The number of anilines is 1. The van der Waals surface area contributed by atoms with E-state index in [-0.39, 0.29) is 11.3 Å². The quantitative estimate of drug-likeness (QED) is 0.484. The van der Waals surface area contributed by atoms with Crippen molar-refractivity contribution >= 4 is 33.3 Å². The van der Waals surface area contributed by atoms with Crippen LogP contribution in [0, 0.1) is 0 Å². The molecule has 0 saturated heterocycles. The highest BCUT2D eigenvalue weighted by molar-refractivity contribution is 7.89. The first-order valence-corrected chi connectivity index (χ1v) is 12.0. The number of nitrogens with one attached hydrogen (secondary N) is 1. The fraction of sp³-hybridized carbons (Fsp3) is 0.208. The number of rotatable bonds is 7. The van der Waals surface area contributed by atoms with Crippen LogP contribution in [0.4, 0.5) is 5.69 Å². The lowest BCUT2D eigenvalue weighted by atomic mass is 10.0. The van der Waals surface area contributed by atoms with E-state index in [9.17, 15) is 13.2 Å². The molecule has 1 heterocycles. The number of nitrogens with zero attached hydrogens (tertiary/aromatic N) is 1. The van der Waals surface area contributed by atoms with Gasteiger partial charge in [0.1, 0.15) is 11.9 Å². The van der Waals surface area contributed by atoms with Crippen molar-refractivity contribution < 1.29 is 22.7 Å². The maximum Gasteiger partial charge on any atom is 0.307 e. The van der Waals surface area contributed by atoms with Crippen LogP contribution >= 0.6 is 11.6 Å². The summed E-state index contributed by atoms with van der Waals surface area (Å²) in [4.78, 5) is 12.4. The molecule has 0 amide bonds. The maximum absolute atomic E-state index is 13.9. The SMILES string of the molecule is COC(=O)C[C@H]1c2ccccc2[C@@H](Nc2ccc(OC)cc2)N1S(=O)(=O)c1ccc(Cl)cc1. The van der Waals surface area contributed by atoms with E-state index in [0.717, 1.165) is 11.1 Å². The molecule has 7 nitrogen and oxygen atoms in total. The molecule has 9 heteroatoms. The van der Waals surface area contributed by atoms with Gasteiger partial charge < -0.3 is 14.8 Å². The van der Waals surface area contributed by atoms with Crippen molar-refractivity contribution in [3.05, 3.63) is 88.9 Å². The first kappa shape index (κ1) is 23.1. The minimum Gasteiger partial charge on any atom is -0.497 e. The summed E-state index contributed by atoms with van der Waals surface area (Å²) in [6, 6.07) is 19.8. The number of carbonyl (C=O) groups excluding carboxylic acids is 1. The molecule has 0 spiro atoms. The average molecular weight is 487 g/mol. The van der Waals surface area contributed by atoms with Gasteiger partial charge in [0.2, 0.25) is 10.0 Å². The number of hydrogen-bond donors (Lipinski definition) is 1. The van der Waals surface area contributed by atoms with Gasteiger partial charge in [-0.25, -0.2) is 8.42 Å². The van der Waals surface area contributed by atoms with Gasteiger partial charge in [0.05, 0.1) is 31.6 Å². The molecule has 0 aromatic heterocycles. The van der Waals surface area contributed by atoms with Gasteiger partial charge in [0.25, 0.3) is 0 Å². The lowest BCUT2D eigenvalue weighted by Gasteiger charge is -2.30. The summed E-state index contributed by atoms with van der Waals surface area (Å²) in [6.07, 6.45) is -0.869. The highest BCUT2D eigenvalue weighted by atomic mass is 35.5. The normalized spacial score (nSPS) is 17.9. The number of methoxy groups -OCH3 is 2. The monoisotopic (exact) mass is 486 g/mol. The first-order valence-electron chi connectivity index (χ1n) is 10.2. The molecule has 0 unspecified atom stereocenters. The summed E-state index contributed by atoms with van der Waals surface area (Å²) in [5.41, 5.74) is 2.21. The number of benzene rings is 3. The first-order chi connectivity index (χ1) is 15.8. The second-order valence-corrected chi connectivity index (χ2v) is 9.77. The molecule has 0 fully saturated rings. The Bertz CT molecular complexity index is 1250. The number of ether oxygens (including phenoxy) is 2. The lowest BCUT2D eigenvalue weighted by Crippen LogP contribution is -2.37. The highest BCUT2D eigenvalue weighted by Crippen LogP contribution is 2.47. The van der Waals surface area contributed by atoms with E-state index in [1.54, 1.807) is 19.2 Å². The molecule has 0 bridgehead atoms.